The summed E-state index contributed by atoms with van der Waals surface area (Å²) in [6.07, 6.45) is 1.81. The number of nitrogens with zero attached hydrogens (tertiary/aromatic N) is 2. The van der Waals surface area contributed by atoms with E-state index in [4.69, 9.17) is 32.7 Å². The molecule has 4 aromatic rings. The van der Waals surface area contributed by atoms with E-state index in [9.17, 15) is 0 Å². The van der Waals surface area contributed by atoms with Crippen LogP contribution in [0.15, 0.2) is 72.9 Å². The molecule has 0 saturated carbocycles. The van der Waals surface area contributed by atoms with Gasteiger partial charge in [-0.05, 0) is 35.4 Å². The number of aromatic nitrogens is 2. The highest BCUT2D eigenvalue weighted by Gasteiger charge is 2.11. The minimum absolute atomic E-state index is 0.473. The Hall–Kier alpha value is -3.15. The standard InChI is InChI=1S/C25H23Cl2N3O2/c1-30-22(19-9-10-20(26)21(27)13-19)15-29-25(30)28-14-18-8-11-23(31-2)24(12-18)32-16-17-6-4-3-5-7-17/h3-13,15H,14,16H2,1-2H3,(H,28,29). The molecule has 0 aliphatic rings. The van der Waals surface area contributed by atoms with Gasteiger partial charge in [0.1, 0.15) is 6.61 Å². The van der Waals surface area contributed by atoms with Crippen molar-refractivity contribution in [2.75, 3.05) is 12.4 Å². The van der Waals surface area contributed by atoms with Gasteiger partial charge in [-0.15, -0.1) is 0 Å². The van der Waals surface area contributed by atoms with Crippen LogP contribution in [0, 0.1) is 0 Å². The second-order valence-electron chi connectivity index (χ2n) is 7.27. The van der Waals surface area contributed by atoms with Gasteiger partial charge in [0.15, 0.2) is 11.5 Å². The van der Waals surface area contributed by atoms with E-state index in [0.29, 0.717) is 34.7 Å². The fraction of sp³-hybridized carbons (Fsp3) is 0.160. The second-order valence-corrected chi connectivity index (χ2v) is 8.08. The monoisotopic (exact) mass is 467 g/mol. The minimum atomic E-state index is 0.473. The van der Waals surface area contributed by atoms with E-state index in [-0.39, 0.29) is 0 Å². The van der Waals surface area contributed by atoms with E-state index in [1.807, 2.05) is 78.5 Å². The first-order valence-electron chi connectivity index (χ1n) is 10.1. The summed E-state index contributed by atoms with van der Waals surface area (Å²) in [4.78, 5) is 4.51. The summed E-state index contributed by atoms with van der Waals surface area (Å²) in [5.74, 6) is 2.14. The van der Waals surface area contributed by atoms with E-state index in [2.05, 4.69) is 10.3 Å². The maximum atomic E-state index is 6.17. The van der Waals surface area contributed by atoms with Gasteiger partial charge >= 0.3 is 0 Å². The SMILES string of the molecule is COc1ccc(CNc2ncc(-c3ccc(Cl)c(Cl)c3)n2C)cc1OCc1ccccc1. The molecule has 0 radical (unpaired) electrons. The Morgan fingerprint density at radius 1 is 0.906 bits per heavy atom. The summed E-state index contributed by atoms with van der Waals surface area (Å²) in [6.45, 7) is 1.05. The quantitative estimate of drug-likeness (QED) is 0.317. The van der Waals surface area contributed by atoms with Gasteiger partial charge in [-0.1, -0.05) is 65.7 Å². The van der Waals surface area contributed by atoms with Crippen molar-refractivity contribution < 1.29 is 9.47 Å². The summed E-state index contributed by atoms with van der Waals surface area (Å²) in [5, 5.41) is 4.42. The Bertz CT molecular complexity index is 1210. The van der Waals surface area contributed by atoms with E-state index in [1.165, 1.54) is 0 Å². The molecule has 0 saturated heterocycles. The molecule has 0 atom stereocenters. The molecule has 7 heteroatoms. The molecule has 32 heavy (non-hydrogen) atoms. The van der Waals surface area contributed by atoms with Crippen molar-refractivity contribution in [3.63, 3.8) is 0 Å². The van der Waals surface area contributed by atoms with Crippen molar-refractivity contribution in [1.29, 1.82) is 0 Å². The molecule has 0 bridgehead atoms. The van der Waals surface area contributed by atoms with Crippen molar-refractivity contribution >= 4 is 29.2 Å². The molecular weight excluding hydrogens is 445 g/mol. The molecule has 0 aliphatic carbocycles. The lowest BCUT2D eigenvalue weighted by Gasteiger charge is -2.13. The molecule has 1 heterocycles. The Kier molecular flexibility index (Phi) is 6.88. The van der Waals surface area contributed by atoms with Crippen molar-refractivity contribution in [3.05, 3.63) is 94.1 Å². The first-order valence-corrected chi connectivity index (χ1v) is 10.9. The molecule has 5 nitrogen and oxygen atoms in total. The molecule has 0 unspecified atom stereocenters. The number of ether oxygens (including phenoxy) is 2. The van der Waals surface area contributed by atoms with E-state index in [1.54, 1.807) is 13.2 Å². The van der Waals surface area contributed by atoms with Gasteiger partial charge in [-0.3, -0.25) is 0 Å². The highest BCUT2D eigenvalue weighted by Crippen LogP contribution is 2.31. The largest absolute Gasteiger partial charge is 0.493 e. The van der Waals surface area contributed by atoms with Crippen LogP contribution >= 0.6 is 23.2 Å². The highest BCUT2D eigenvalue weighted by molar-refractivity contribution is 6.42. The molecule has 164 valence electrons. The van der Waals surface area contributed by atoms with Crippen LogP contribution in [0.1, 0.15) is 11.1 Å². The topological polar surface area (TPSA) is 48.3 Å². The molecular formula is C25H23Cl2N3O2. The first kappa shape index (κ1) is 22.1. The third kappa shape index (κ3) is 5.01. The number of imidazole rings is 1. The lowest BCUT2D eigenvalue weighted by Crippen LogP contribution is -2.06. The molecule has 0 amide bonds. The normalized spacial score (nSPS) is 10.8. The predicted molar refractivity (Wildman–Crippen MR) is 130 cm³/mol. The summed E-state index contributed by atoms with van der Waals surface area (Å²) in [5.41, 5.74) is 4.03. The number of hydrogen-bond donors (Lipinski definition) is 1. The van der Waals surface area contributed by atoms with Gasteiger partial charge in [0.2, 0.25) is 5.95 Å². The van der Waals surface area contributed by atoms with Crippen molar-refractivity contribution in [3.8, 4) is 22.8 Å². The number of methoxy groups -OCH3 is 1. The summed E-state index contributed by atoms with van der Waals surface area (Å²) >= 11 is 12.2. The average molecular weight is 468 g/mol. The van der Waals surface area contributed by atoms with Crippen LogP contribution in [-0.4, -0.2) is 16.7 Å². The highest BCUT2D eigenvalue weighted by atomic mass is 35.5. The van der Waals surface area contributed by atoms with Crippen LogP contribution in [0.3, 0.4) is 0 Å². The molecule has 1 aromatic heterocycles. The Morgan fingerprint density at radius 2 is 1.72 bits per heavy atom. The summed E-state index contributed by atoms with van der Waals surface area (Å²) in [7, 11) is 3.59. The zero-order chi connectivity index (χ0) is 22.5. The fourth-order valence-corrected chi connectivity index (χ4v) is 3.66. The van der Waals surface area contributed by atoms with Gasteiger partial charge in [0.25, 0.3) is 0 Å². The Balaban J connectivity index is 1.46. The van der Waals surface area contributed by atoms with Gasteiger partial charge < -0.3 is 19.4 Å². The number of halogens is 2. The van der Waals surface area contributed by atoms with E-state index < -0.39 is 0 Å². The number of anilines is 1. The maximum absolute atomic E-state index is 6.17. The Morgan fingerprint density at radius 3 is 2.47 bits per heavy atom. The van der Waals surface area contributed by atoms with E-state index in [0.717, 1.165) is 28.3 Å². The molecule has 3 aromatic carbocycles. The van der Waals surface area contributed by atoms with E-state index >= 15 is 0 Å². The third-order valence-electron chi connectivity index (χ3n) is 5.12. The lowest BCUT2D eigenvalue weighted by atomic mass is 10.2. The lowest BCUT2D eigenvalue weighted by molar-refractivity contribution is 0.284. The molecule has 1 N–H and O–H groups in total. The van der Waals surface area contributed by atoms with Crippen LogP contribution in [0.5, 0.6) is 11.5 Å². The van der Waals surface area contributed by atoms with Crippen LogP contribution in [-0.2, 0) is 20.2 Å². The fourth-order valence-electron chi connectivity index (χ4n) is 3.36. The third-order valence-corrected chi connectivity index (χ3v) is 5.86. The van der Waals surface area contributed by atoms with Crippen molar-refractivity contribution in [2.24, 2.45) is 7.05 Å². The average Bonchev–Trinajstić information content (AvgIpc) is 3.19. The Labute approximate surface area is 197 Å². The van der Waals surface area contributed by atoms with Crippen LogP contribution < -0.4 is 14.8 Å². The van der Waals surface area contributed by atoms with Crippen LogP contribution in [0.2, 0.25) is 10.0 Å². The first-order chi connectivity index (χ1) is 15.5. The predicted octanol–water partition coefficient (Wildman–Crippen LogP) is 6.59. The number of hydrogen-bond acceptors (Lipinski definition) is 4. The zero-order valence-corrected chi connectivity index (χ0v) is 19.3. The minimum Gasteiger partial charge on any atom is -0.493 e. The summed E-state index contributed by atoms with van der Waals surface area (Å²) in [6, 6.07) is 21.5. The smallest absolute Gasteiger partial charge is 0.203 e. The molecule has 0 spiro atoms. The van der Waals surface area contributed by atoms with Crippen molar-refractivity contribution in [2.45, 2.75) is 13.2 Å². The summed E-state index contributed by atoms with van der Waals surface area (Å²) < 4.78 is 13.5. The number of rotatable bonds is 8. The van der Waals surface area contributed by atoms with Crippen LogP contribution in [0.25, 0.3) is 11.3 Å². The zero-order valence-electron chi connectivity index (χ0n) is 17.8. The molecule has 0 aliphatic heterocycles. The number of benzene rings is 3. The van der Waals surface area contributed by atoms with Gasteiger partial charge in [0, 0.05) is 19.2 Å². The number of nitrogens with one attached hydrogen (secondary N) is 1. The molecule has 0 fully saturated rings. The van der Waals surface area contributed by atoms with Crippen LogP contribution in [0.4, 0.5) is 5.95 Å². The van der Waals surface area contributed by atoms with Crippen molar-refractivity contribution in [1.82, 2.24) is 9.55 Å². The van der Waals surface area contributed by atoms with Gasteiger partial charge in [0.05, 0.1) is 29.0 Å². The van der Waals surface area contributed by atoms with Gasteiger partial charge in [-0.2, -0.15) is 0 Å². The maximum Gasteiger partial charge on any atom is 0.203 e. The second kappa shape index (κ2) is 9.98. The van der Waals surface area contributed by atoms with Gasteiger partial charge in [-0.25, -0.2) is 4.98 Å². The molecule has 4 rings (SSSR count).